The number of pyridine rings is 1. The Morgan fingerprint density at radius 3 is 1.96 bits per heavy atom. The Labute approximate surface area is 277 Å². The predicted molar refractivity (Wildman–Crippen MR) is 184 cm³/mol. The van der Waals surface area contributed by atoms with E-state index in [1.807, 2.05) is 71.6 Å². The second kappa shape index (κ2) is 12.6. The first-order chi connectivity index (χ1) is 23.3. The first-order valence-corrected chi connectivity index (χ1v) is 16.6. The fourth-order valence-electron chi connectivity index (χ4n) is 5.82. The van der Waals surface area contributed by atoms with Gasteiger partial charge in [-0.3, -0.25) is 4.68 Å². The van der Waals surface area contributed by atoms with Crippen LogP contribution in [0.4, 0.5) is 5.82 Å². The quantitative estimate of drug-likeness (QED) is 0.174. The van der Waals surface area contributed by atoms with Crippen LogP contribution in [0.25, 0.3) is 33.5 Å². The topological polar surface area (TPSA) is 123 Å². The summed E-state index contributed by atoms with van der Waals surface area (Å²) in [4.78, 5) is 23.8. The number of hydrogen-bond acceptors (Lipinski definition) is 7. The number of carboxylic acids is 1. The van der Waals surface area contributed by atoms with Crippen LogP contribution in [0, 0.1) is 0 Å². The summed E-state index contributed by atoms with van der Waals surface area (Å²) in [6, 6.07) is 36.6. The third-order valence-corrected chi connectivity index (χ3v) is 9.76. The number of aromatic carboxylic acids is 1. The molecule has 0 atom stereocenters. The van der Waals surface area contributed by atoms with E-state index in [2.05, 4.69) is 10.1 Å². The van der Waals surface area contributed by atoms with Crippen LogP contribution in [-0.4, -0.2) is 43.2 Å². The maximum Gasteiger partial charge on any atom is 0.337 e. The van der Waals surface area contributed by atoms with Gasteiger partial charge in [0, 0.05) is 37.3 Å². The third-order valence-electron chi connectivity index (χ3n) is 8.04. The summed E-state index contributed by atoms with van der Waals surface area (Å²) in [7, 11) is -2.53. The third kappa shape index (κ3) is 5.82. The average Bonchev–Trinajstić information content (AvgIpc) is 3.74. The van der Waals surface area contributed by atoms with Crippen molar-refractivity contribution in [1.29, 1.82) is 0 Å². The van der Waals surface area contributed by atoms with Gasteiger partial charge in [-0.1, -0.05) is 97.1 Å². The molecule has 0 spiro atoms. The number of aryl methyl sites for hydroxylation is 1. The van der Waals surface area contributed by atoms with E-state index in [9.17, 15) is 18.3 Å². The second-order valence-electron chi connectivity index (χ2n) is 11.3. The molecule has 7 aromatic rings. The Hall–Kier alpha value is -6.07. The highest BCUT2D eigenvalue weighted by molar-refractivity contribution is 7.90. The van der Waals surface area contributed by atoms with Crippen molar-refractivity contribution < 1.29 is 18.3 Å². The van der Waals surface area contributed by atoms with Crippen LogP contribution in [0.2, 0.25) is 0 Å². The summed E-state index contributed by atoms with van der Waals surface area (Å²) in [6.07, 6.45) is 2.89. The average molecular weight is 655 g/mol. The molecule has 0 saturated heterocycles. The van der Waals surface area contributed by atoms with Crippen molar-refractivity contribution in [1.82, 2.24) is 23.7 Å². The van der Waals surface area contributed by atoms with Crippen LogP contribution < -0.4 is 4.90 Å². The lowest BCUT2D eigenvalue weighted by molar-refractivity contribution is 0.0698. The van der Waals surface area contributed by atoms with E-state index < -0.39 is 16.0 Å². The fraction of sp³-hybridized carbons (Fsp3) is 0.0811. The van der Waals surface area contributed by atoms with E-state index in [4.69, 9.17) is 4.98 Å². The lowest BCUT2D eigenvalue weighted by atomic mass is 10.1. The van der Waals surface area contributed by atoms with Crippen molar-refractivity contribution >= 4 is 32.7 Å². The summed E-state index contributed by atoms with van der Waals surface area (Å²) in [6.45, 7) is 0.772. The van der Waals surface area contributed by atoms with Gasteiger partial charge in [0.1, 0.15) is 11.8 Å². The number of nitrogens with zero attached hydrogens (tertiary/aromatic N) is 6. The molecule has 11 heteroatoms. The van der Waals surface area contributed by atoms with Gasteiger partial charge in [-0.2, -0.15) is 5.10 Å². The lowest BCUT2D eigenvalue weighted by Gasteiger charge is -2.26. The summed E-state index contributed by atoms with van der Waals surface area (Å²) >= 11 is 0. The highest BCUT2D eigenvalue weighted by atomic mass is 32.2. The maximum atomic E-state index is 14.8. The summed E-state index contributed by atoms with van der Waals surface area (Å²) < 4.78 is 32.4. The van der Waals surface area contributed by atoms with Crippen molar-refractivity contribution in [2.75, 3.05) is 4.90 Å². The molecule has 7 rings (SSSR count). The molecule has 4 aromatic carbocycles. The van der Waals surface area contributed by atoms with Gasteiger partial charge in [0.25, 0.3) is 10.0 Å². The Kier molecular flexibility index (Phi) is 8.03. The number of carbonyl (C=O) groups is 1. The standard InChI is InChI=1S/C37H30N6O4S/c1-41-25-39-35(40-41)29-17-11-16-28(20-29)33-21-31-32(37(44)45)22-38-36(34(31)43(33)48(46,47)30-18-9-4-10-19-30)42(23-26-12-5-2-6-13-26)24-27-14-7-3-8-15-27/h2-22,25H,23-24H2,1H3,(H,44,45). The minimum atomic E-state index is -4.30. The number of rotatable bonds is 10. The van der Waals surface area contributed by atoms with Crippen molar-refractivity contribution in [3.05, 3.63) is 151 Å². The molecular formula is C37H30N6O4S. The molecule has 0 bridgehead atoms. The molecule has 0 aliphatic rings. The highest BCUT2D eigenvalue weighted by Gasteiger charge is 2.30. The SMILES string of the molecule is Cn1cnc(-c2cccc(-c3cc4c(C(=O)O)cnc(N(Cc5ccccc5)Cc5ccccc5)c4n3S(=O)(=O)c3ccccc3)c2)n1. The van der Waals surface area contributed by atoms with Gasteiger partial charge in [0.15, 0.2) is 11.6 Å². The Morgan fingerprint density at radius 1 is 0.771 bits per heavy atom. The van der Waals surface area contributed by atoms with E-state index in [0.29, 0.717) is 35.9 Å². The van der Waals surface area contributed by atoms with Crippen LogP contribution in [-0.2, 0) is 30.2 Å². The van der Waals surface area contributed by atoms with Crippen LogP contribution in [0.15, 0.2) is 139 Å². The molecule has 238 valence electrons. The molecule has 0 radical (unpaired) electrons. The largest absolute Gasteiger partial charge is 0.478 e. The van der Waals surface area contributed by atoms with E-state index >= 15 is 0 Å². The molecule has 0 aliphatic carbocycles. The lowest BCUT2D eigenvalue weighted by Crippen LogP contribution is -2.25. The Morgan fingerprint density at radius 2 is 1.38 bits per heavy atom. The van der Waals surface area contributed by atoms with Crippen LogP contribution in [0.5, 0.6) is 0 Å². The minimum Gasteiger partial charge on any atom is -0.478 e. The van der Waals surface area contributed by atoms with Crippen LogP contribution >= 0.6 is 0 Å². The molecule has 0 amide bonds. The smallest absolute Gasteiger partial charge is 0.337 e. The second-order valence-corrected chi connectivity index (χ2v) is 13.1. The first-order valence-electron chi connectivity index (χ1n) is 15.2. The molecular weight excluding hydrogens is 625 g/mol. The number of fused-ring (bicyclic) bond motifs is 1. The van der Waals surface area contributed by atoms with Gasteiger partial charge in [0.05, 0.1) is 16.2 Å². The van der Waals surface area contributed by atoms with E-state index in [1.165, 1.54) is 22.3 Å². The molecule has 0 aliphatic heterocycles. The summed E-state index contributed by atoms with van der Waals surface area (Å²) in [5, 5.41) is 15.0. The van der Waals surface area contributed by atoms with Gasteiger partial charge < -0.3 is 10.0 Å². The zero-order chi connectivity index (χ0) is 33.3. The number of carboxylic acid groups (broad SMARTS) is 1. The molecule has 0 saturated carbocycles. The minimum absolute atomic E-state index is 0.0515. The molecule has 10 nitrogen and oxygen atoms in total. The van der Waals surface area contributed by atoms with E-state index in [0.717, 1.165) is 11.1 Å². The highest BCUT2D eigenvalue weighted by Crippen LogP contribution is 2.39. The molecule has 1 N–H and O–H groups in total. The molecule has 0 fully saturated rings. The van der Waals surface area contributed by atoms with Gasteiger partial charge >= 0.3 is 5.97 Å². The Balaban J connectivity index is 1.54. The van der Waals surface area contributed by atoms with Gasteiger partial charge in [0.2, 0.25) is 0 Å². The maximum absolute atomic E-state index is 14.8. The number of aromatic nitrogens is 5. The van der Waals surface area contributed by atoms with Crippen LogP contribution in [0.3, 0.4) is 0 Å². The predicted octanol–water partition coefficient (Wildman–Crippen LogP) is 6.64. The van der Waals surface area contributed by atoms with Crippen molar-refractivity contribution in [2.45, 2.75) is 18.0 Å². The molecule has 3 heterocycles. The van der Waals surface area contributed by atoms with Gasteiger partial charge in [-0.15, -0.1) is 0 Å². The van der Waals surface area contributed by atoms with Crippen molar-refractivity contribution in [3.63, 3.8) is 0 Å². The summed E-state index contributed by atoms with van der Waals surface area (Å²) in [5.74, 6) is -0.418. The van der Waals surface area contributed by atoms with Crippen molar-refractivity contribution in [2.24, 2.45) is 7.05 Å². The number of anilines is 1. The van der Waals surface area contributed by atoms with Gasteiger partial charge in [-0.25, -0.2) is 27.2 Å². The fourth-order valence-corrected chi connectivity index (χ4v) is 7.37. The van der Waals surface area contributed by atoms with E-state index in [1.54, 1.807) is 60.5 Å². The van der Waals surface area contributed by atoms with Crippen molar-refractivity contribution in [3.8, 4) is 22.6 Å². The zero-order valence-corrected chi connectivity index (χ0v) is 26.7. The summed E-state index contributed by atoms with van der Waals surface area (Å²) in [5.41, 5.74) is 3.50. The number of hydrogen-bond donors (Lipinski definition) is 1. The van der Waals surface area contributed by atoms with E-state index in [-0.39, 0.29) is 27.1 Å². The van der Waals surface area contributed by atoms with Crippen LogP contribution in [0.1, 0.15) is 21.5 Å². The molecule has 0 unspecified atom stereocenters. The van der Waals surface area contributed by atoms with Gasteiger partial charge in [-0.05, 0) is 41.0 Å². The Bertz CT molecular complexity index is 2310. The normalized spacial score (nSPS) is 11.5. The molecule has 48 heavy (non-hydrogen) atoms. The zero-order valence-electron chi connectivity index (χ0n) is 25.9. The monoisotopic (exact) mass is 654 g/mol. The molecule has 3 aromatic heterocycles. The number of benzene rings is 4. The first kappa shape index (κ1) is 30.6.